The third kappa shape index (κ3) is 4.75. The van der Waals surface area contributed by atoms with Crippen LogP contribution in [0.1, 0.15) is 28.3 Å². The molecule has 1 aliphatic heterocycles. The minimum absolute atomic E-state index is 0. The number of carbonyl (C=O) groups excluding carboxylic acids is 1. The van der Waals surface area contributed by atoms with Crippen LogP contribution in [-0.2, 0) is 0 Å². The Morgan fingerprint density at radius 1 is 1.20 bits per heavy atom. The van der Waals surface area contributed by atoms with E-state index < -0.39 is 0 Å². The molecule has 0 aromatic heterocycles. The quantitative estimate of drug-likeness (QED) is 0.792. The summed E-state index contributed by atoms with van der Waals surface area (Å²) >= 11 is 1.57. The first kappa shape index (κ1) is 19.8. The van der Waals surface area contributed by atoms with Crippen LogP contribution in [0.4, 0.5) is 4.39 Å². The molecule has 2 atom stereocenters. The topological polar surface area (TPSA) is 41.1 Å². The molecule has 0 spiro atoms. The molecule has 1 aliphatic rings. The highest BCUT2D eigenvalue weighted by Crippen LogP contribution is 2.27. The first-order chi connectivity index (χ1) is 11.7. The Bertz CT molecular complexity index is 711. The average molecular weight is 381 g/mol. The molecule has 0 radical (unpaired) electrons. The fraction of sp³-hybridized carbons (Fsp3) is 0.316. The zero-order valence-corrected chi connectivity index (χ0v) is 15.6. The highest BCUT2D eigenvalue weighted by molar-refractivity contribution is 7.98. The number of hydrogen-bond donors (Lipinski definition) is 2. The molecule has 134 valence electrons. The molecule has 0 bridgehead atoms. The average Bonchev–Trinajstić information content (AvgIpc) is 2.63. The van der Waals surface area contributed by atoms with Crippen molar-refractivity contribution in [1.29, 1.82) is 0 Å². The van der Waals surface area contributed by atoms with E-state index in [1.807, 2.05) is 42.7 Å². The number of piperidine rings is 1. The standard InChI is InChI=1S/C19H21FN2OS.ClH/c1-24-18-5-3-2-4-16(18)19(23)22-17-12-21-11-10-15(17)13-6-8-14(20)9-7-13;/h2-9,15,17,21H,10-12H2,1H3,(H,22,23);1H. The maximum absolute atomic E-state index is 13.2. The van der Waals surface area contributed by atoms with Gasteiger partial charge in [-0.25, -0.2) is 4.39 Å². The fourth-order valence-electron chi connectivity index (χ4n) is 3.20. The van der Waals surface area contributed by atoms with E-state index in [2.05, 4.69) is 10.6 Å². The number of halogens is 2. The predicted octanol–water partition coefficient (Wildman–Crippen LogP) is 3.84. The van der Waals surface area contributed by atoms with Crippen molar-refractivity contribution in [2.24, 2.45) is 0 Å². The summed E-state index contributed by atoms with van der Waals surface area (Å²) in [5, 5.41) is 6.50. The van der Waals surface area contributed by atoms with Crippen molar-refractivity contribution in [1.82, 2.24) is 10.6 Å². The zero-order chi connectivity index (χ0) is 16.9. The summed E-state index contributed by atoms with van der Waals surface area (Å²) < 4.78 is 13.2. The van der Waals surface area contributed by atoms with E-state index in [-0.39, 0.29) is 36.1 Å². The maximum atomic E-state index is 13.2. The highest BCUT2D eigenvalue weighted by atomic mass is 35.5. The van der Waals surface area contributed by atoms with Gasteiger partial charge in [-0.05, 0) is 49.1 Å². The Kier molecular flexibility index (Phi) is 7.29. The van der Waals surface area contributed by atoms with E-state index in [0.717, 1.165) is 30.0 Å². The Labute approximate surface area is 158 Å². The predicted molar refractivity (Wildman–Crippen MR) is 103 cm³/mol. The van der Waals surface area contributed by atoms with Gasteiger partial charge in [0.25, 0.3) is 5.91 Å². The third-order valence-corrected chi connectivity index (χ3v) is 5.24. The lowest BCUT2D eigenvalue weighted by Gasteiger charge is -2.33. The molecule has 2 N–H and O–H groups in total. The van der Waals surface area contributed by atoms with Crippen LogP contribution in [0.5, 0.6) is 0 Å². The number of rotatable bonds is 4. The van der Waals surface area contributed by atoms with Crippen LogP contribution in [0.15, 0.2) is 53.4 Å². The summed E-state index contributed by atoms with van der Waals surface area (Å²) in [4.78, 5) is 13.7. The molecule has 3 nitrogen and oxygen atoms in total. The number of carbonyl (C=O) groups is 1. The molecule has 2 aromatic carbocycles. The molecule has 2 unspecified atom stereocenters. The molecule has 1 saturated heterocycles. The van der Waals surface area contributed by atoms with Crippen LogP contribution in [0.2, 0.25) is 0 Å². The van der Waals surface area contributed by atoms with E-state index >= 15 is 0 Å². The van der Waals surface area contributed by atoms with Gasteiger partial charge in [-0.3, -0.25) is 4.79 Å². The van der Waals surface area contributed by atoms with Crippen LogP contribution in [0, 0.1) is 5.82 Å². The maximum Gasteiger partial charge on any atom is 0.252 e. The van der Waals surface area contributed by atoms with Gasteiger partial charge in [0.05, 0.1) is 5.56 Å². The summed E-state index contributed by atoms with van der Waals surface area (Å²) in [7, 11) is 0. The molecule has 1 heterocycles. The number of amides is 1. The second kappa shape index (κ2) is 9.22. The fourth-order valence-corrected chi connectivity index (χ4v) is 3.79. The third-order valence-electron chi connectivity index (χ3n) is 4.45. The van der Waals surface area contributed by atoms with Crippen molar-refractivity contribution in [3.05, 3.63) is 65.5 Å². The molecular weight excluding hydrogens is 359 g/mol. The van der Waals surface area contributed by atoms with Crippen LogP contribution >= 0.6 is 24.2 Å². The lowest BCUT2D eigenvalue weighted by Crippen LogP contribution is -2.50. The van der Waals surface area contributed by atoms with E-state index in [1.165, 1.54) is 12.1 Å². The largest absolute Gasteiger partial charge is 0.347 e. The molecule has 2 aromatic rings. The van der Waals surface area contributed by atoms with Crippen LogP contribution in [-0.4, -0.2) is 31.3 Å². The second-order valence-corrected chi connectivity index (χ2v) is 6.78. The summed E-state index contributed by atoms with van der Waals surface area (Å²) in [6, 6.07) is 14.2. The monoisotopic (exact) mass is 380 g/mol. The highest BCUT2D eigenvalue weighted by Gasteiger charge is 2.28. The summed E-state index contributed by atoms with van der Waals surface area (Å²) in [5.74, 6) is -0.0971. The molecule has 1 amide bonds. The van der Waals surface area contributed by atoms with Gasteiger partial charge >= 0.3 is 0 Å². The van der Waals surface area contributed by atoms with Crippen LogP contribution in [0.3, 0.4) is 0 Å². The SMILES string of the molecule is CSc1ccccc1C(=O)NC1CNCCC1c1ccc(F)cc1.Cl. The van der Waals surface area contributed by atoms with Crippen molar-refractivity contribution >= 4 is 30.1 Å². The molecule has 3 rings (SSSR count). The van der Waals surface area contributed by atoms with Crippen molar-refractivity contribution in [3.8, 4) is 0 Å². The normalized spacial score (nSPS) is 19.8. The minimum atomic E-state index is -0.234. The Morgan fingerprint density at radius 2 is 1.92 bits per heavy atom. The molecule has 6 heteroatoms. The van der Waals surface area contributed by atoms with Gasteiger partial charge in [-0.2, -0.15) is 0 Å². The van der Waals surface area contributed by atoms with E-state index in [4.69, 9.17) is 0 Å². The summed E-state index contributed by atoms with van der Waals surface area (Å²) in [6.07, 6.45) is 2.89. The molecule has 0 aliphatic carbocycles. The lowest BCUT2D eigenvalue weighted by atomic mass is 9.86. The van der Waals surface area contributed by atoms with Gasteiger partial charge < -0.3 is 10.6 Å². The Balaban J connectivity index is 0.00000225. The van der Waals surface area contributed by atoms with Crippen LogP contribution < -0.4 is 10.6 Å². The molecule has 25 heavy (non-hydrogen) atoms. The Morgan fingerprint density at radius 3 is 2.64 bits per heavy atom. The number of nitrogens with one attached hydrogen (secondary N) is 2. The minimum Gasteiger partial charge on any atom is -0.347 e. The lowest BCUT2D eigenvalue weighted by molar-refractivity contribution is 0.0921. The summed E-state index contributed by atoms with van der Waals surface area (Å²) in [5.41, 5.74) is 1.77. The van der Waals surface area contributed by atoms with Gasteiger partial charge in [0.1, 0.15) is 5.82 Å². The summed E-state index contributed by atoms with van der Waals surface area (Å²) in [6.45, 7) is 1.62. The van der Waals surface area contributed by atoms with Gasteiger partial charge in [0.2, 0.25) is 0 Å². The van der Waals surface area contributed by atoms with Crippen molar-refractivity contribution in [3.63, 3.8) is 0 Å². The number of benzene rings is 2. The number of thioether (sulfide) groups is 1. The van der Waals surface area contributed by atoms with Gasteiger partial charge in [-0.1, -0.05) is 24.3 Å². The smallest absolute Gasteiger partial charge is 0.252 e. The second-order valence-electron chi connectivity index (χ2n) is 5.93. The number of hydrogen-bond acceptors (Lipinski definition) is 3. The van der Waals surface area contributed by atoms with Crippen molar-refractivity contribution in [2.75, 3.05) is 19.3 Å². The zero-order valence-electron chi connectivity index (χ0n) is 14.0. The van der Waals surface area contributed by atoms with Gasteiger partial charge in [0, 0.05) is 23.4 Å². The first-order valence-corrected chi connectivity index (χ1v) is 9.31. The molecule has 0 saturated carbocycles. The first-order valence-electron chi connectivity index (χ1n) is 8.09. The van der Waals surface area contributed by atoms with E-state index in [0.29, 0.717) is 5.56 Å². The van der Waals surface area contributed by atoms with Crippen molar-refractivity contribution < 1.29 is 9.18 Å². The van der Waals surface area contributed by atoms with E-state index in [1.54, 1.807) is 11.8 Å². The van der Waals surface area contributed by atoms with Crippen LogP contribution in [0.25, 0.3) is 0 Å². The Hall–Kier alpha value is -1.56. The van der Waals surface area contributed by atoms with Gasteiger partial charge in [-0.15, -0.1) is 24.2 Å². The van der Waals surface area contributed by atoms with Gasteiger partial charge in [0.15, 0.2) is 0 Å². The van der Waals surface area contributed by atoms with E-state index in [9.17, 15) is 9.18 Å². The van der Waals surface area contributed by atoms with Crippen molar-refractivity contribution in [2.45, 2.75) is 23.3 Å². The molecule has 1 fully saturated rings. The molecular formula is C19H22ClFN2OS.